The molecule has 1 amide bonds. The van der Waals surface area contributed by atoms with Crippen LogP contribution in [-0.4, -0.2) is 26.7 Å². The zero-order valence-electron chi connectivity index (χ0n) is 21.1. The van der Waals surface area contributed by atoms with Gasteiger partial charge in [-0.2, -0.15) is 0 Å². The number of hydrogen-bond donors (Lipinski definition) is 1. The Labute approximate surface area is 225 Å². The summed E-state index contributed by atoms with van der Waals surface area (Å²) in [6, 6.07) is 22.1. The average molecular weight is 551 g/mol. The van der Waals surface area contributed by atoms with Gasteiger partial charge in [-0.05, 0) is 46.7 Å². The van der Waals surface area contributed by atoms with Crippen LogP contribution in [0.4, 0.5) is 15.8 Å². The van der Waals surface area contributed by atoms with Gasteiger partial charge in [0.2, 0.25) is 5.91 Å². The second-order valence-electron chi connectivity index (χ2n) is 9.68. The fourth-order valence-corrected chi connectivity index (χ4v) is 6.36. The lowest BCUT2D eigenvalue weighted by Crippen LogP contribution is -2.38. The van der Waals surface area contributed by atoms with Crippen LogP contribution >= 0.6 is 11.3 Å². The van der Waals surface area contributed by atoms with E-state index in [0.717, 1.165) is 27.3 Å². The van der Waals surface area contributed by atoms with Crippen LogP contribution in [-0.2, 0) is 20.2 Å². The summed E-state index contributed by atoms with van der Waals surface area (Å²) in [5.74, 6) is -1.67. The number of carbonyl (C=O) groups excluding carboxylic acids is 2. The molecule has 0 bridgehead atoms. The Kier molecular flexibility index (Phi) is 7.80. The minimum absolute atomic E-state index is 0.0152. The van der Waals surface area contributed by atoms with Crippen molar-refractivity contribution in [2.75, 3.05) is 16.2 Å². The van der Waals surface area contributed by atoms with Gasteiger partial charge in [-0.25, -0.2) is 12.8 Å². The highest BCUT2D eigenvalue weighted by molar-refractivity contribution is 7.94. The first-order valence-electron chi connectivity index (χ1n) is 11.8. The van der Waals surface area contributed by atoms with Crippen LogP contribution in [0.3, 0.4) is 0 Å². The number of rotatable bonds is 8. The predicted molar refractivity (Wildman–Crippen MR) is 149 cm³/mol. The van der Waals surface area contributed by atoms with Crippen LogP contribution in [0, 0.1) is 5.82 Å². The van der Waals surface area contributed by atoms with Gasteiger partial charge in [0.05, 0.1) is 5.69 Å². The molecule has 0 aliphatic carbocycles. The summed E-state index contributed by atoms with van der Waals surface area (Å²) in [6.45, 7) is 5.62. The molecule has 0 aliphatic heterocycles. The molecule has 0 aliphatic rings. The van der Waals surface area contributed by atoms with E-state index in [9.17, 15) is 22.4 Å². The fraction of sp³-hybridized carbons (Fsp3) is 0.172. The molecule has 4 aromatic rings. The second kappa shape index (κ2) is 10.9. The van der Waals surface area contributed by atoms with Crippen LogP contribution in [0.5, 0.6) is 0 Å². The normalized spacial score (nSPS) is 11.7. The molecule has 38 heavy (non-hydrogen) atoms. The zero-order valence-corrected chi connectivity index (χ0v) is 22.8. The number of ketones is 1. The molecule has 0 unspecified atom stereocenters. The van der Waals surface area contributed by atoms with E-state index >= 15 is 0 Å². The van der Waals surface area contributed by atoms with Crippen molar-refractivity contribution < 1.29 is 22.4 Å². The van der Waals surface area contributed by atoms with Crippen molar-refractivity contribution in [1.29, 1.82) is 0 Å². The number of sulfonamides is 1. The van der Waals surface area contributed by atoms with Gasteiger partial charge in [-0.15, -0.1) is 11.3 Å². The number of thiophene rings is 1. The third-order valence-electron chi connectivity index (χ3n) is 5.87. The van der Waals surface area contributed by atoms with E-state index in [2.05, 4.69) is 26.1 Å². The number of nitrogens with zero attached hydrogens (tertiary/aromatic N) is 1. The van der Waals surface area contributed by atoms with Crippen LogP contribution < -0.4 is 9.62 Å². The Morgan fingerprint density at radius 3 is 2.24 bits per heavy atom. The Hall–Kier alpha value is -3.82. The number of halogens is 1. The molecular formula is C29H27FN2O4S2. The quantitative estimate of drug-likeness (QED) is 0.263. The topological polar surface area (TPSA) is 83.6 Å². The first-order chi connectivity index (χ1) is 18.0. The number of para-hydroxylation sites is 1. The van der Waals surface area contributed by atoms with Crippen molar-refractivity contribution >= 4 is 44.4 Å². The number of nitrogens with one attached hydrogen (secondary N) is 1. The molecule has 1 heterocycles. The summed E-state index contributed by atoms with van der Waals surface area (Å²) in [6.07, 6.45) is 0. The smallest absolute Gasteiger partial charge is 0.274 e. The molecule has 0 saturated carbocycles. The largest absolute Gasteiger partial charge is 0.324 e. The Morgan fingerprint density at radius 2 is 1.61 bits per heavy atom. The molecule has 6 nitrogen and oxygen atoms in total. The molecule has 0 fully saturated rings. The third kappa shape index (κ3) is 6.00. The molecule has 3 aromatic carbocycles. The molecule has 0 atom stereocenters. The first kappa shape index (κ1) is 27.2. The molecule has 0 spiro atoms. The second-order valence-corrected chi connectivity index (χ2v) is 12.7. The maximum atomic E-state index is 14.6. The van der Waals surface area contributed by atoms with Gasteiger partial charge in [0.1, 0.15) is 16.6 Å². The summed E-state index contributed by atoms with van der Waals surface area (Å²) in [5.41, 5.74) is 2.01. The van der Waals surface area contributed by atoms with Gasteiger partial charge in [-0.1, -0.05) is 75.4 Å². The summed E-state index contributed by atoms with van der Waals surface area (Å²) >= 11 is 0.974. The fourth-order valence-electron chi connectivity index (χ4n) is 3.83. The number of anilines is 2. The van der Waals surface area contributed by atoms with E-state index in [1.54, 1.807) is 41.8 Å². The first-order valence-corrected chi connectivity index (χ1v) is 14.1. The van der Waals surface area contributed by atoms with E-state index < -0.39 is 28.3 Å². The SMILES string of the molecule is CC(C)(C)c1ccc(C(=O)c2cccc(NC(=O)CN(c3ccccc3F)S(=O)(=O)c3cccs3)c2)cc1. The van der Waals surface area contributed by atoms with E-state index in [1.165, 1.54) is 30.3 Å². The maximum absolute atomic E-state index is 14.6. The lowest BCUT2D eigenvalue weighted by molar-refractivity contribution is -0.114. The molecule has 1 aromatic heterocycles. The van der Waals surface area contributed by atoms with Gasteiger partial charge >= 0.3 is 0 Å². The van der Waals surface area contributed by atoms with E-state index in [1.807, 2.05) is 12.1 Å². The molecule has 0 radical (unpaired) electrons. The molecule has 0 saturated heterocycles. The predicted octanol–water partition coefficient (Wildman–Crippen LogP) is 6.25. The van der Waals surface area contributed by atoms with Crippen LogP contribution in [0.15, 0.2) is 94.5 Å². The van der Waals surface area contributed by atoms with E-state index in [4.69, 9.17) is 0 Å². The van der Waals surface area contributed by atoms with Crippen molar-refractivity contribution in [2.24, 2.45) is 0 Å². The Balaban J connectivity index is 1.55. The number of amides is 1. The Morgan fingerprint density at radius 1 is 0.895 bits per heavy atom. The van der Waals surface area contributed by atoms with Crippen LogP contribution in [0.2, 0.25) is 0 Å². The standard InChI is InChI=1S/C29H27FN2O4S2/c1-29(2,3)22-15-13-20(14-16-22)28(34)21-8-6-9-23(18-21)31-26(33)19-32(25-11-5-4-10-24(25)30)38(35,36)27-12-7-17-37-27/h4-18H,19H2,1-3H3,(H,31,33). The summed E-state index contributed by atoms with van der Waals surface area (Å²) in [4.78, 5) is 26.1. The molecule has 1 N–H and O–H groups in total. The van der Waals surface area contributed by atoms with Crippen LogP contribution in [0.1, 0.15) is 42.3 Å². The highest BCUT2D eigenvalue weighted by atomic mass is 32.2. The zero-order chi connectivity index (χ0) is 27.5. The lowest BCUT2D eigenvalue weighted by atomic mass is 9.86. The lowest BCUT2D eigenvalue weighted by Gasteiger charge is -2.23. The summed E-state index contributed by atoms with van der Waals surface area (Å²) in [5, 5.41) is 4.23. The number of benzene rings is 3. The average Bonchev–Trinajstić information content (AvgIpc) is 3.43. The van der Waals surface area contributed by atoms with Gasteiger partial charge in [0, 0.05) is 16.8 Å². The van der Waals surface area contributed by atoms with Gasteiger partial charge in [0.15, 0.2) is 5.78 Å². The van der Waals surface area contributed by atoms with Crippen molar-refractivity contribution in [2.45, 2.75) is 30.4 Å². The highest BCUT2D eigenvalue weighted by Crippen LogP contribution is 2.29. The van der Waals surface area contributed by atoms with Crippen molar-refractivity contribution in [3.8, 4) is 0 Å². The van der Waals surface area contributed by atoms with Crippen molar-refractivity contribution in [3.63, 3.8) is 0 Å². The van der Waals surface area contributed by atoms with Gasteiger partial charge in [-0.3, -0.25) is 13.9 Å². The monoisotopic (exact) mass is 550 g/mol. The van der Waals surface area contributed by atoms with E-state index in [0.29, 0.717) is 16.8 Å². The van der Waals surface area contributed by atoms with Crippen molar-refractivity contribution in [1.82, 2.24) is 0 Å². The van der Waals surface area contributed by atoms with Crippen molar-refractivity contribution in [3.05, 3.63) is 113 Å². The molecular weight excluding hydrogens is 523 g/mol. The van der Waals surface area contributed by atoms with Gasteiger partial charge in [0.25, 0.3) is 10.0 Å². The van der Waals surface area contributed by atoms with E-state index in [-0.39, 0.29) is 21.1 Å². The minimum atomic E-state index is -4.20. The van der Waals surface area contributed by atoms with Gasteiger partial charge < -0.3 is 5.32 Å². The maximum Gasteiger partial charge on any atom is 0.274 e. The molecule has 196 valence electrons. The Bertz CT molecular complexity index is 1560. The number of hydrogen-bond acceptors (Lipinski definition) is 5. The number of carbonyl (C=O) groups is 2. The third-order valence-corrected chi connectivity index (χ3v) is 9.00. The molecule has 9 heteroatoms. The van der Waals surface area contributed by atoms with Crippen LogP contribution in [0.25, 0.3) is 0 Å². The minimum Gasteiger partial charge on any atom is -0.324 e. The molecule has 4 rings (SSSR count). The summed E-state index contributed by atoms with van der Waals surface area (Å²) in [7, 11) is -4.20. The highest BCUT2D eigenvalue weighted by Gasteiger charge is 2.30. The summed E-state index contributed by atoms with van der Waals surface area (Å²) < 4.78 is 41.9.